The van der Waals surface area contributed by atoms with Crippen LogP contribution < -0.4 is 0 Å². The topological polar surface area (TPSA) is 20.3 Å². The molecule has 90 valence electrons. The number of carbonyl (C=O) groups excluding carboxylic acids is 1. The fourth-order valence-electron chi connectivity index (χ4n) is 2.96. The third-order valence-corrected chi connectivity index (χ3v) is 3.86. The molecule has 0 aromatic rings. The van der Waals surface area contributed by atoms with Crippen molar-refractivity contribution < 1.29 is 4.79 Å². The average Bonchev–Trinajstić information content (AvgIpc) is 2.72. The van der Waals surface area contributed by atoms with Gasteiger partial charge in [0.05, 0.1) is 0 Å². The van der Waals surface area contributed by atoms with Crippen molar-refractivity contribution in [3.05, 3.63) is 12.2 Å². The zero-order valence-corrected chi connectivity index (χ0v) is 10.3. The average molecular weight is 221 g/mol. The van der Waals surface area contributed by atoms with Crippen molar-refractivity contribution in [1.82, 2.24) is 4.90 Å². The summed E-state index contributed by atoms with van der Waals surface area (Å²) in [6.45, 7) is 3.31. The van der Waals surface area contributed by atoms with Crippen LogP contribution in [0.4, 0.5) is 0 Å². The number of piperidine rings is 1. The van der Waals surface area contributed by atoms with E-state index in [0.717, 1.165) is 19.4 Å². The number of unbranched alkanes of at least 4 members (excludes halogenated alkanes) is 3. The lowest BCUT2D eigenvalue weighted by atomic mass is 9.92. The quantitative estimate of drug-likeness (QED) is 0.525. The van der Waals surface area contributed by atoms with Gasteiger partial charge in [-0.25, -0.2) is 0 Å². The number of rotatable bonds is 5. The Labute approximate surface area is 98.7 Å². The summed E-state index contributed by atoms with van der Waals surface area (Å²) in [6.07, 6.45) is 12.4. The minimum atomic E-state index is 0.428. The summed E-state index contributed by atoms with van der Waals surface area (Å²) in [5, 5.41) is 0. The van der Waals surface area contributed by atoms with E-state index < -0.39 is 0 Å². The predicted molar refractivity (Wildman–Crippen MR) is 66.4 cm³/mol. The molecule has 2 heterocycles. The van der Waals surface area contributed by atoms with Gasteiger partial charge in [0.15, 0.2) is 0 Å². The number of ketones is 1. The highest BCUT2D eigenvalue weighted by Gasteiger charge is 2.34. The maximum atomic E-state index is 11.6. The van der Waals surface area contributed by atoms with Crippen LogP contribution in [0, 0.1) is 0 Å². The van der Waals surface area contributed by atoms with Crippen LogP contribution in [-0.2, 0) is 4.79 Å². The molecule has 0 N–H and O–H groups in total. The van der Waals surface area contributed by atoms with Crippen LogP contribution in [-0.4, -0.2) is 29.3 Å². The lowest BCUT2D eigenvalue weighted by molar-refractivity contribution is -0.124. The van der Waals surface area contributed by atoms with Crippen LogP contribution in [0.3, 0.4) is 0 Å². The summed E-state index contributed by atoms with van der Waals surface area (Å²) in [5.41, 5.74) is 0. The van der Waals surface area contributed by atoms with Gasteiger partial charge in [-0.1, -0.05) is 44.8 Å². The lowest BCUT2D eigenvalue weighted by Gasteiger charge is -2.37. The molecule has 2 heteroatoms. The lowest BCUT2D eigenvalue weighted by Crippen LogP contribution is -2.46. The van der Waals surface area contributed by atoms with Crippen LogP contribution in [0.15, 0.2) is 12.2 Å². The largest absolute Gasteiger partial charge is 0.300 e. The molecule has 2 nitrogen and oxygen atoms in total. The van der Waals surface area contributed by atoms with Crippen LogP contribution in [0.2, 0.25) is 0 Å². The maximum absolute atomic E-state index is 11.6. The van der Waals surface area contributed by atoms with Gasteiger partial charge in [-0.3, -0.25) is 9.69 Å². The Hall–Kier alpha value is -0.630. The van der Waals surface area contributed by atoms with Gasteiger partial charge in [-0.2, -0.15) is 0 Å². The van der Waals surface area contributed by atoms with E-state index in [4.69, 9.17) is 0 Å². The van der Waals surface area contributed by atoms with E-state index in [-0.39, 0.29) is 0 Å². The Morgan fingerprint density at radius 2 is 2.19 bits per heavy atom. The minimum absolute atomic E-state index is 0.428. The third-order valence-electron chi connectivity index (χ3n) is 3.86. The zero-order chi connectivity index (χ0) is 11.4. The monoisotopic (exact) mass is 221 g/mol. The molecule has 0 radical (unpaired) electrons. The van der Waals surface area contributed by atoms with Crippen molar-refractivity contribution in [3.63, 3.8) is 0 Å². The highest BCUT2D eigenvalue weighted by molar-refractivity contribution is 5.81. The first kappa shape index (κ1) is 11.8. The number of hydrogen-bond donors (Lipinski definition) is 0. The fraction of sp³-hybridized carbons (Fsp3) is 0.786. The van der Waals surface area contributed by atoms with E-state index in [9.17, 15) is 4.79 Å². The van der Waals surface area contributed by atoms with Gasteiger partial charge in [0.1, 0.15) is 5.78 Å². The first-order valence-corrected chi connectivity index (χ1v) is 6.75. The van der Waals surface area contributed by atoms with Crippen molar-refractivity contribution in [2.75, 3.05) is 6.54 Å². The molecule has 16 heavy (non-hydrogen) atoms. The number of nitrogens with zero attached hydrogens (tertiary/aromatic N) is 1. The van der Waals surface area contributed by atoms with E-state index >= 15 is 0 Å². The van der Waals surface area contributed by atoms with E-state index in [1.807, 2.05) is 0 Å². The summed E-state index contributed by atoms with van der Waals surface area (Å²) >= 11 is 0. The van der Waals surface area contributed by atoms with Gasteiger partial charge in [-0.15, -0.1) is 0 Å². The van der Waals surface area contributed by atoms with Crippen LogP contribution in [0.1, 0.15) is 51.9 Å². The van der Waals surface area contributed by atoms with Crippen molar-refractivity contribution in [3.8, 4) is 0 Å². The smallest absolute Gasteiger partial charge is 0.136 e. The second-order valence-corrected chi connectivity index (χ2v) is 5.14. The van der Waals surface area contributed by atoms with Crippen molar-refractivity contribution in [1.29, 1.82) is 0 Å². The van der Waals surface area contributed by atoms with Gasteiger partial charge >= 0.3 is 0 Å². The summed E-state index contributed by atoms with van der Waals surface area (Å²) in [5.74, 6) is 0.466. The highest BCUT2D eigenvalue weighted by atomic mass is 16.1. The summed E-state index contributed by atoms with van der Waals surface area (Å²) in [7, 11) is 0. The van der Waals surface area contributed by atoms with Crippen molar-refractivity contribution >= 4 is 5.78 Å². The Kier molecular flexibility index (Phi) is 4.16. The van der Waals surface area contributed by atoms with E-state index in [1.165, 1.54) is 32.1 Å². The van der Waals surface area contributed by atoms with Gasteiger partial charge < -0.3 is 0 Å². The summed E-state index contributed by atoms with van der Waals surface area (Å²) in [6, 6.07) is 0.954. The number of Topliss-reactive ketones (excluding diaryl/α,β-unsaturated/α-hetero) is 1. The second-order valence-electron chi connectivity index (χ2n) is 5.14. The zero-order valence-electron chi connectivity index (χ0n) is 10.3. The molecule has 0 aliphatic carbocycles. The molecular formula is C14H23NO. The molecule has 2 atom stereocenters. The molecule has 0 bridgehead atoms. The van der Waals surface area contributed by atoms with Crippen LogP contribution >= 0.6 is 0 Å². The Balaban J connectivity index is 1.80. The maximum Gasteiger partial charge on any atom is 0.136 e. The Morgan fingerprint density at radius 3 is 3.00 bits per heavy atom. The Bertz CT molecular complexity index is 272. The molecule has 0 unspecified atom stereocenters. The molecule has 1 fully saturated rings. The third kappa shape index (κ3) is 2.73. The predicted octanol–water partition coefficient (Wildman–Crippen LogP) is 2.93. The number of carbonyl (C=O) groups is 1. The van der Waals surface area contributed by atoms with Crippen molar-refractivity contribution in [2.24, 2.45) is 0 Å². The number of fused-ring (bicyclic) bond motifs is 1. The fourth-order valence-corrected chi connectivity index (χ4v) is 2.96. The van der Waals surface area contributed by atoms with Crippen LogP contribution in [0.5, 0.6) is 0 Å². The molecule has 0 saturated carbocycles. The molecule has 0 spiro atoms. The molecule has 2 aliphatic rings. The van der Waals surface area contributed by atoms with E-state index in [2.05, 4.69) is 24.0 Å². The van der Waals surface area contributed by atoms with Gasteiger partial charge in [0.2, 0.25) is 0 Å². The Morgan fingerprint density at radius 1 is 1.31 bits per heavy atom. The van der Waals surface area contributed by atoms with E-state index in [0.29, 0.717) is 17.9 Å². The molecule has 0 amide bonds. The first-order valence-electron chi connectivity index (χ1n) is 6.75. The van der Waals surface area contributed by atoms with Gasteiger partial charge in [0.25, 0.3) is 0 Å². The van der Waals surface area contributed by atoms with Gasteiger partial charge in [-0.05, 0) is 6.42 Å². The van der Waals surface area contributed by atoms with Crippen LogP contribution in [0.25, 0.3) is 0 Å². The van der Waals surface area contributed by atoms with Crippen molar-refractivity contribution in [2.45, 2.75) is 64.0 Å². The SMILES string of the molecule is CCCCCC[C@@H]1CC(=O)C[C@H]2C=CCN12. The highest BCUT2D eigenvalue weighted by Crippen LogP contribution is 2.28. The molecule has 2 aliphatic heterocycles. The van der Waals surface area contributed by atoms with Gasteiger partial charge in [0, 0.05) is 31.5 Å². The molecule has 0 aromatic carbocycles. The summed E-state index contributed by atoms with van der Waals surface area (Å²) in [4.78, 5) is 14.2. The molecule has 2 rings (SSSR count). The standard InChI is InChI=1S/C14H23NO/c1-2-3-4-5-7-12-10-14(16)11-13-8-6-9-15(12)13/h6,8,12-13H,2-5,7,9-11H2,1H3/t12-,13-/m1/s1. The molecular weight excluding hydrogens is 198 g/mol. The van der Waals surface area contributed by atoms with E-state index in [1.54, 1.807) is 0 Å². The second kappa shape index (κ2) is 5.62. The molecule has 1 saturated heterocycles. The normalized spacial score (nSPS) is 29.7. The minimum Gasteiger partial charge on any atom is -0.300 e. The summed E-state index contributed by atoms with van der Waals surface area (Å²) < 4.78 is 0. The number of hydrogen-bond acceptors (Lipinski definition) is 2. The first-order chi connectivity index (χ1) is 7.81. The molecule has 0 aromatic heterocycles.